The van der Waals surface area contributed by atoms with Gasteiger partial charge in [-0.25, -0.2) is 0 Å². The van der Waals surface area contributed by atoms with E-state index in [0.717, 1.165) is 24.9 Å². The largest absolute Gasteiger partial charge is 0.396 e. The fourth-order valence-corrected chi connectivity index (χ4v) is 3.59. The molecule has 7 nitrogen and oxygen atoms in total. The van der Waals surface area contributed by atoms with E-state index in [-0.39, 0.29) is 24.8 Å². The van der Waals surface area contributed by atoms with Crippen LogP contribution in [0.4, 0.5) is 5.69 Å². The van der Waals surface area contributed by atoms with Crippen molar-refractivity contribution < 1.29 is 14.7 Å². The molecule has 1 unspecified atom stereocenters. The minimum Gasteiger partial charge on any atom is -0.396 e. The van der Waals surface area contributed by atoms with Crippen molar-refractivity contribution >= 4 is 17.5 Å². The third kappa shape index (κ3) is 2.49. The van der Waals surface area contributed by atoms with Crippen molar-refractivity contribution in [3.63, 3.8) is 0 Å². The van der Waals surface area contributed by atoms with E-state index in [1.165, 1.54) is 0 Å². The SMILES string of the molecule is Cn1cc(N2CCC3(CCCN(C(=O)CCO)C3)C2=O)cn1. The van der Waals surface area contributed by atoms with Gasteiger partial charge in [-0.2, -0.15) is 5.10 Å². The summed E-state index contributed by atoms with van der Waals surface area (Å²) >= 11 is 0. The molecule has 2 amide bonds. The average molecular weight is 306 g/mol. The number of carbonyl (C=O) groups excluding carboxylic acids is 2. The lowest BCUT2D eigenvalue weighted by molar-refractivity contribution is -0.139. The number of amides is 2. The Bertz CT molecular complexity index is 585. The quantitative estimate of drug-likeness (QED) is 0.862. The highest BCUT2D eigenvalue weighted by atomic mass is 16.3. The van der Waals surface area contributed by atoms with Crippen LogP contribution in [0.25, 0.3) is 0 Å². The van der Waals surface area contributed by atoms with E-state index in [4.69, 9.17) is 5.11 Å². The normalized spacial score (nSPS) is 25.3. The van der Waals surface area contributed by atoms with E-state index in [1.54, 1.807) is 20.7 Å². The summed E-state index contributed by atoms with van der Waals surface area (Å²) < 4.78 is 1.69. The second-order valence-electron chi connectivity index (χ2n) is 6.25. The molecule has 1 aromatic rings. The van der Waals surface area contributed by atoms with Gasteiger partial charge in [-0.1, -0.05) is 0 Å². The van der Waals surface area contributed by atoms with Gasteiger partial charge in [-0.15, -0.1) is 0 Å². The van der Waals surface area contributed by atoms with Gasteiger partial charge in [-0.05, 0) is 19.3 Å². The van der Waals surface area contributed by atoms with Gasteiger partial charge in [0, 0.05) is 39.3 Å². The molecule has 7 heteroatoms. The Hall–Kier alpha value is -1.89. The monoisotopic (exact) mass is 306 g/mol. The van der Waals surface area contributed by atoms with E-state index in [2.05, 4.69) is 5.10 Å². The van der Waals surface area contributed by atoms with Crippen molar-refractivity contribution in [1.29, 1.82) is 0 Å². The van der Waals surface area contributed by atoms with Gasteiger partial charge < -0.3 is 14.9 Å². The smallest absolute Gasteiger partial charge is 0.235 e. The molecule has 0 bridgehead atoms. The first kappa shape index (κ1) is 15.0. The van der Waals surface area contributed by atoms with Crippen LogP contribution < -0.4 is 4.90 Å². The molecule has 1 aromatic heterocycles. The van der Waals surface area contributed by atoms with Crippen LogP contribution in [0, 0.1) is 5.41 Å². The topological polar surface area (TPSA) is 78.7 Å². The molecule has 0 aliphatic carbocycles. The van der Waals surface area contributed by atoms with E-state index < -0.39 is 5.41 Å². The van der Waals surface area contributed by atoms with Gasteiger partial charge >= 0.3 is 0 Å². The summed E-state index contributed by atoms with van der Waals surface area (Å²) in [5.41, 5.74) is 0.363. The predicted octanol–water partition coefficient (Wildman–Crippen LogP) is 0.148. The summed E-state index contributed by atoms with van der Waals surface area (Å²) in [6.45, 7) is 1.69. The highest BCUT2D eigenvalue weighted by Crippen LogP contribution is 2.41. The van der Waals surface area contributed by atoms with E-state index >= 15 is 0 Å². The lowest BCUT2D eigenvalue weighted by Crippen LogP contribution is -2.50. The minimum atomic E-state index is -0.459. The summed E-state index contributed by atoms with van der Waals surface area (Å²) in [4.78, 5) is 28.5. The average Bonchev–Trinajstić information content (AvgIpc) is 3.05. The summed E-state index contributed by atoms with van der Waals surface area (Å²) in [6.07, 6.45) is 6.11. The molecule has 22 heavy (non-hydrogen) atoms. The number of carbonyl (C=O) groups is 2. The second-order valence-corrected chi connectivity index (χ2v) is 6.25. The molecule has 0 saturated carbocycles. The zero-order chi connectivity index (χ0) is 15.7. The maximum atomic E-state index is 12.9. The summed E-state index contributed by atoms with van der Waals surface area (Å²) in [5.74, 6) is 0.0381. The minimum absolute atomic E-state index is 0.0609. The number of aryl methyl sites for hydroxylation is 1. The molecule has 2 aliphatic heterocycles. The molecule has 1 N–H and O–H groups in total. The number of aliphatic hydroxyl groups is 1. The molecule has 1 atom stereocenters. The number of nitrogens with zero attached hydrogens (tertiary/aromatic N) is 4. The molecule has 3 heterocycles. The Kier molecular flexibility index (Phi) is 3.90. The third-order valence-corrected chi connectivity index (χ3v) is 4.77. The highest BCUT2D eigenvalue weighted by Gasteiger charge is 2.50. The number of aromatic nitrogens is 2. The Morgan fingerprint density at radius 1 is 1.41 bits per heavy atom. The van der Waals surface area contributed by atoms with Crippen molar-refractivity contribution in [2.24, 2.45) is 12.5 Å². The van der Waals surface area contributed by atoms with Crippen molar-refractivity contribution in [2.75, 3.05) is 31.1 Å². The summed E-state index contributed by atoms with van der Waals surface area (Å²) in [7, 11) is 1.83. The van der Waals surface area contributed by atoms with Gasteiger partial charge in [0.15, 0.2) is 0 Å². The Labute approximate surface area is 129 Å². The van der Waals surface area contributed by atoms with E-state index in [9.17, 15) is 9.59 Å². The summed E-state index contributed by atoms with van der Waals surface area (Å²) in [6, 6.07) is 0. The molecular formula is C15H22N4O3. The molecular weight excluding hydrogens is 284 g/mol. The zero-order valence-corrected chi connectivity index (χ0v) is 12.9. The Morgan fingerprint density at radius 3 is 2.91 bits per heavy atom. The van der Waals surface area contributed by atoms with Gasteiger partial charge in [0.25, 0.3) is 0 Å². The van der Waals surface area contributed by atoms with Gasteiger partial charge in [0.2, 0.25) is 11.8 Å². The van der Waals surface area contributed by atoms with Crippen molar-refractivity contribution in [1.82, 2.24) is 14.7 Å². The number of rotatable bonds is 3. The number of anilines is 1. The van der Waals surface area contributed by atoms with Gasteiger partial charge in [0.05, 0.1) is 23.9 Å². The Balaban J connectivity index is 1.76. The molecule has 0 aromatic carbocycles. The molecule has 3 rings (SSSR count). The van der Waals surface area contributed by atoms with Crippen LogP contribution in [0.2, 0.25) is 0 Å². The van der Waals surface area contributed by atoms with Crippen molar-refractivity contribution in [2.45, 2.75) is 25.7 Å². The Morgan fingerprint density at radius 2 is 2.23 bits per heavy atom. The first-order chi connectivity index (χ1) is 10.6. The second kappa shape index (κ2) is 5.72. The van der Waals surface area contributed by atoms with E-state index in [1.807, 2.05) is 13.2 Å². The first-order valence-electron chi connectivity index (χ1n) is 7.75. The van der Waals surface area contributed by atoms with Crippen LogP contribution in [-0.4, -0.2) is 57.8 Å². The predicted molar refractivity (Wildman–Crippen MR) is 80.1 cm³/mol. The number of hydrogen-bond acceptors (Lipinski definition) is 4. The molecule has 120 valence electrons. The summed E-state index contributed by atoms with van der Waals surface area (Å²) in [5, 5.41) is 13.1. The lowest BCUT2D eigenvalue weighted by Gasteiger charge is -2.39. The molecule has 2 fully saturated rings. The number of aliphatic hydroxyl groups excluding tert-OH is 1. The van der Waals surface area contributed by atoms with Crippen LogP contribution in [0.5, 0.6) is 0 Å². The standard InChI is InChI=1S/C15H22N4O3/c1-17-10-12(9-16-17)19-7-5-15(14(19)22)4-2-6-18(11-15)13(21)3-8-20/h9-10,20H,2-8,11H2,1H3. The molecule has 1 spiro atoms. The van der Waals surface area contributed by atoms with Gasteiger partial charge in [0.1, 0.15) is 0 Å². The number of likely N-dealkylation sites (tertiary alicyclic amines) is 1. The fraction of sp³-hybridized carbons (Fsp3) is 0.667. The number of piperidine rings is 1. The number of hydrogen-bond donors (Lipinski definition) is 1. The fourth-order valence-electron chi connectivity index (χ4n) is 3.59. The zero-order valence-electron chi connectivity index (χ0n) is 12.9. The van der Waals surface area contributed by atoms with Crippen LogP contribution in [0.15, 0.2) is 12.4 Å². The van der Waals surface area contributed by atoms with Crippen LogP contribution in [-0.2, 0) is 16.6 Å². The highest BCUT2D eigenvalue weighted by molar-refractivity contribution is 6.00. The van der Waals surface area contributed by atoms with Crippen LogP contribution in [0.3, 0.4) is 0 Å². The maximum absolute atomic E-state index is 12.9. The first-order valence-corrected chi connectivity index (χ1v) is 7.75. The van der Waals surface area contributed by atoms with Crippen LogP contribution >= 0.6 is 0 Å². The van der Waals surface area contributed by atoms with Crippen LogP contribution in [0.1, 0.15) is 25.7 Å². The lowest BCUT2D eigenvalue weighted by atomic mass is 9.78. The van der Waals surface area contributed by atoms with Crippen molar-refractivity contribution in [3.05, 3.63) is 12.4 Å². The van der Waals surface area contributed by atoms with Gasteiger partial charge in [-0.3, -0.25) is 14.3 Å². The van der Waals surface area contributed by atoms with E-state index in [0.29, 0.717) is 19.6 Å². The maximum Gasteiger partial charge on any atom is 0.235 e. The third-order valence-electron chi connectivity index (χ3n) is 4.77. The molecule has 2 aliphatic rings. The van der Waals surface area contributed by atoms with Crippen molar-refractivity contribution in [3.8, 4) is 0 Å². The molecule has 2 saturated heterocycles. The molecule has 0 radical (unpaired) electrons.